The first-order valence-corrected chi connectivity index (χ1v) is 7.89. The molecule has 1 aromatic carbocycles. The summed E-state index contributed by atoms with van der Waals surface area (Å²) >= 11 is 0. The maximum atomic E-state index is 13.0. The van der Waals surface area contributed by atoms with E-state index in [-0.39, 0.29) is 17.8 Å². The van der Waals surface area contributed by atoms with Gasteiger partial charge in [-0.25, -0.2) is 9.07 Å². The molecule has 6 heteroatoms. The molecule has 23 heavy (non-hydrogen) atoms. The van der Waals surface area contributed by atoms with Crippen molar-refractivity contribution in [3.05, 3.63) is 47.5 Å². The first-order chi connectivity index (χ1) is 11.0. The molecule has 2 unspecified atom stereocenters. The number of amides is 1. The van der Waals surface area contributed by atoms with Crippen LogP contribution in [0, 0.1) is 12.7 Å². The molecule has 1 aliphatic rings. The van der Waals surface area contributed by atoms with Crippen molar-refractivity contribution in [1.82, 2.24) is 20.4 Å². The standard InChI is InChI=1S/C17H21FN4O/c1-11-9-14(7-8-19-11)21-17(23)16-10-20-22(12(16)2)15-5-3-13(18)4-6-15/h3-6,10-11,14,19H,7-9H2,1-2H3,(H,21,23). The van der Waals surface area contributed by atoms with Gasteiger partial charge < -0.3 is 10.6 Å². The number of halogens is 1. The largest absolute Gasteiger partial charge is 0.349 e. The van der Waals surface area contributed by atoms with Crippen LogP contribution < -0.4 is 10.6 Å². The summed E-state index contributed by atoms with van der Waals surface area (Å²) < 4.78 is 14.7. The number of aromatic nitrogens is 2. The van der Waals surface area contributed by atoms with E-state index in [1.54, 1.807) is 23.0 Å². The van der Waals surface area contributed by atoms with E-state index < -0.39 is 0 Å². The van der Waals surface area contributed by atoms with Crippen LogP contribution in [0.25, 0.3) is 5.69 Å². The van der Waals surface area contributed by atoms with E-state index in [1.807, 2.05) is 6.92 Å². The van der Waals surface area contributed by atoms with Gasteiger partial charge in [0.1, 0.15) is 5.82 Å². The maximum Gasteiger partial charge on any atom is 0.254 e. The summed E-state index contributed by atoms with van der Waals surface area (Å²) in [6, 6.07) is 6.65. The number of nitrogens with one attached hydrogen (secondary N) is 2. The molecule has 0 bridgehead atoms. The van der Waals surface area contributed by atoms with Crippen LogP contribution in [0.4, 0.5) is 4.39 Å². The second-order valence-electron chi connectivity index (χ2n) is 6.08. The Balaban J connectivity index is 1.75. The Morgan fingerprint density at radius 2 is 2.13 bits per heavy atom. The lowest BCUT2D eigenvalue weighted by atomic mass is 10.0. The quantitative estimate of drug-likeness (QED) is 0.912. The fraction of sp³-hybridized carbons (Fsp3) is 0.412. The van der Waals surface area contributed by atoms with Crippen LogP contribution in [0.2, 0.25) is 0 Å². The molecular formula is C17H21FN4O. The molecule has 1 amide bonds. The number of nitrogens with zero attached hydrogens (tertiary/aromatic N) is 2. The predicted molar refractivity (Wildman–Crippen MR) is 86.2 cm³/mol. The number of hydrogen-bond acceptors (Lipinski definition) is 3. The van der Waals surface area contributed by atoms with Gasteiger partial charge in [0.05, 0.1) is 23.1 Å². The zero-order valence-corrected chi connectivity index (χ0v) is 13.3. The first-order valence-electron chi connectivity index (χ1n) is 7.89. The van der Waals surface area contributed by atoms with Crippen LogP contribution in [0.5, 0.6) is 0 Å². The lowest BCUT2D eigenvalue weighted by Crippen LogP contribution is -2.46. The van der Waals surface area contributed by atoms with Crippen molar-refractivity contribution in [2.45, 2.75) is 38.8 Å². The van der Waals surface area contributed by atoms with Crippen molar-refractivity contribution in [2.75, 3.05) is 6.54 Å². The molecule has 3 rings (SSSR count). The smallest absolute Gasteiger partial charge is 0.254 e. The molecule has 5 nitrogen and oxygen atoms in total. The van der Waals surface area contributed by atoms with Crippen LogP contribution in [0.3, 0.4) is 0 Å². The summed E-state index contributed by atoms with van der Waals surface area (Å²) in [7, 11) is 0. The van der Waals surface area contributed by atoms with Crippen LogP contribution in [-0.2, 0) is 0 Å². The molecule has 1 fully saturated rings. The summed E-state index contributed by atoms with van der Waals surface area (Å²) in [6.45, 7) is 4.88. The van der Waals surface area contributed by atoms with Gasteiger partial charge >= 0.3 is 0 Å². The second kappa shape index (κ2) is 6.50. The Kier molecular flexibility index (Phi) is 4.43. The fourth-order valence-corrected chi connectivity index (χ4v) is 3.00. The average molecular weight is 316 g/mol. The zero-order valence-electron chi connectivity index (χ0n) is 13.3. The molecule has 2 N–H and O–H groups in total. The highest BCUT2D eigenvalue weighted by molar-refractivity contribution is 5.95. The number of rotatable bonds is 3. The molecule has 2 heterocycles. The van der Waals surface area contributed by atoms with Gasteiger partial charge in [-0.1, -0.05) is 0 Å². The minimum absolute atomic E-state index is 0.102. The van der Waals surface area contributed by atoms with Crippen LogP contribution >= 0.6 is 0 Å². The molecule has 2 atom stereocenters. The molecule has 0 radical (unpaired) electrons. The SMILES string of the molecule is Cc1c(C(=O)NC2CCNC(C)C2)cnn1-c1ccc(F)cc1. The molecule has 1 aromatic heterocycles. The summed E-state index contributed by atoms with van der Waals surface area (Å²) in [6.07, 6.45) is 3.43. The van der Waals surface area contributed by atoms with E-state index >= 15 is 0 Å². The van der Waals surface area contributed by atoms with Crippen LogP contribution in [0.1, 0.15) is 35.8 Å². The van der Waals surface area contributed by atoms with E-state index in [9.17, 15) is 9.18 Å². The summed E-state index contributed by atoms with van der Waals surface area (Å²) in [5.41, 5.74) is 2.04. The summed E-state index contributed by atoms with van der Waals surface area (Å²) in [5.74, 6) is -0.397. The number of piperidine rings is 1. The number of hydrogen-bond donors (Lipinski definition) is 2. The Labute approximate surface area is 134 Å². The molecule has 1 saturated heterocycles. The minimum Gasteiger partial charge on any atom is -0.349 e. The third kappa shape index (κ3) is 3.42. The van der Waals surface area contributed by atoms with Crippen molar-refractivity contribution < 1.29 is 9.18 Å². The molecule has 122 valence electrons. The normalized spacial score (nSPS) is 21.2. The zero-order chi connectivity index (χ0) is 16.4. The van der Waals surface area contributed by atoms with Gasteiger partial charge in [0.15, 0.2) is 0 Å². The fourth-order valence-electron chi connectivity index (χ4n) is 3.00. The van der Waals surface area contributed by atoms with Gasteiger partial charge in [0.2, 0.25) is 0 Å². The first kappa shape index (κ1) is 15.7. The number of carbonyl (C=O) groups excluding carboxylic acids is 1. The molecule has 0 aliphatic carbocycles. The van der Waals surface area contributed by atoms with Crippen molar-refractivity contribution in [3.63, 3.8) is 0 Å². The van der Waals surface area contributed by atoms with Crippen molar-refractivity contribution in [1.29, 1.82) is 0 Å². The highest BCUT2D eigenvalue weighted by Gasteiger charge is 2.22. The van der Waals surface area contributed by atoms with E-state index in [2.05, 4.69) is 22.7 Å². The molecule has 0 spiro atoms. The van der Waals surface area contributed by atoms with E-state index in [1.165, 1.54) is 12.1 Å². The molecule has 1 aliphatic heterocycles. The van der Waals surface area contributed by atoms with Crippen molar-refractivity contribution in [2.24, 2.45) is 0 Å². The summed E-state index contributed by atoms with van der Waals surface area (Å²) in [4.78, 5) is 12.5. The Morgan fingerprint density at radius 3 is 2.83 bits per heavy atom. The monoisotopic (exact) mass is 316 g/mol. The lowest BCUT2D eigenvalue weighted by Gasteiger charge is -2.28. The van der Waals surface area contributed by atoms with E-state index in [4.69, 9.17) is 0 Å². The van der Waals surface area contributed by atoms with Crippen molar-refractivity contribution in [3.8, 4) is 5.69 Å². The van der Waals surface area contributed by atoms with Gasteiger partial charge in [-0.05, 0) is 57.5 Å². The number of carbonyl (C=O) groups is 1. The van der Waals surface area contributed by atoms with Crippen LogP contribution in [-0.4, -0.2) is 34.3 Å². The van der Waals surface area contributed by atoms with Gasteiger partial charge in [-0.2, -0.15) is 5.10 Å². The van der Waals surface area contributed by atoms with E-state index in [0.29, 0.717) is 11.6 Å². The molecule has 0 saturated carbocycles. The van der Waals surface area contributed by atoms with Gasteiger partial charge in [0, 0.05) is 12.1 Å². The van der Waals surface area contributed by atoms with Gasteiger partial charge in [-0.3, -0.25) is 4.79 Å². The van der Waals surface area contributed by atoms with Crippen LogP contribution in [0.15, 0.2) is 30.5 Å². The van der Waals surface area contributed by atoms with Gasteiger partial charge in [0.25, 0.3) is 5.91 Å². The van der Waals surface area contributed by atoms with E-state index in [0.717, 1.165) is 30.8 Å². The Hall–Kier alpha value is -2.21. The average Bonchev–Trinajstić information content (AvgIpc) is 2.90. The summed E-state index contributed by atoms with van der Waals surface area (Å²) in [5, 5.41) is 10.7. The van der Waals surface area contributed by atoms with Crippen molar-refractivity contribution >= 4 is 5.91 Å². The minimum atomic E-state index is -0.295. The third-order valence-corrected chi connectivity index (χ3v) is 4.28. The third-order valence-electron chi connectivity index (χ3n) is 4.28. The predicted octanol–water partition coefficient (Wildman–Crippen LogP) is 2.19. The number of benzene rings is 1. The highest BCUT2D eigenvalue weighted by atomic mass is 19.1. The maximum absolute atomic E-state index is 13.0. The second-order valence-corrected chi connectivity index (χ2v) is 6.08. The lowest BCUT2D eigenvalue weighted by molar-refractivity contribution is 0.0925. The molecular weight excluding hydrogens is 295 g/mol. The Bertz CT molecular complexity index is 695. The molecule has 2 aromatic rings. The highest BCUT2D eigenvalue weighted by Crippen LogP contribution is 2.16. The Morgan fingerprint density at radius 1 is 1.39 bits per heavy atom. The topological polar surface area (TPSA) is 59.0 Å². The van der Waals surface area contributed by atoms with Gasteiger partial charge in [-0.15, -0.1) is 0 Å².